The zero-order chi connectivity index (χ0) is 21.4. The van der Waals surface area contributed by atoms with Crippen molar-refractivity contribution in [3.63, 3.8) is 0 Å². The molecule has 0 fully saturated rings. The summed E-state index contributed by atoms with van der Waals surface area (Å²) in [6.45, 7) is 0.724. The first-order valence-electron chi connectivity index (χ1n) is 10.2. The Morgan fingerprint density at radius 1 is 1.00 bits per heavy atom. The van der Waals surface area contributed by atoms with E-state index >= 15 is 0 Å². The van der Waals surface area contributed by atoms with E-state index in [1.807, 2.05) is 24.3 Å². The van der Waals surface area contributed by atoms with Gasteiger partial charge in [-0.05, 0) is 41.8 Å². The number of fused-ring (bicyclic) bond motifs is 3. The van der Waals surface area contributed by atoms with Gasteiger partial charge < -0.3 is 15.2 Å². The summed E-state index contributed by atoms with van der Waals surface area (Å²) in [4.78, 5) is 18.3. The fourth-order valence-electron chi connectivity index (χ4n) is 4.36. The highest BCUT2D eigenvalue weighted by Gasteiger charge is 2.35. The van der Waals surface area contributed by atoms with Crippen molar-refractivity contribution in [1.29, 1.82) is 0 Å². The molecule has 156 valence electrons. The van der Waals surface area contributed by atoms with Crippen LogP contribution in [0.2, 0.25) is 0 Å². The Balaban J connectivity index is 1.51. The summed E-state index contributed by atoms with van der Waals surface area (Å²) in [7, 11) is 0. The van der Waals surface area contributed by atoms with Gasteiger partial charge >= 0.3 is 6.03 Å². The van der Waals surface area contributed by atoms with Gasteiger partial charge in [-0.1, -0.05) is 48.5 Å². The third-order valence-electron chi connectivity index (χ3n) is 5.85. The van der Waals surface area contributed by atoms with Crippen LogP contribution in [0, 0.1) is 11.6 Å². The smallest absolute Gasteiger partial charge is 0.318 e. The highest BCUT2D eigenvalue weighted by molar-refractivity contribution is 5.86. The number of halogens is 2. The molecule has 0 unspecified atom stereocenters. The maximum absolute atomic E-state index is 14.8. The number of rotatable bonds is 3. The second-order valence-corrected chi connectivity index (χ2v) is 7.72. The van der Waals surface area contributed by atoms with Gasteiger partial charge in [0.1, 0.15) is 17.7 Å². The molecule has 31 heavy (non-hydrogen) atoms. The molecule has 2 amide bonds. The summed E-state index contributed by atoms with van der Waals surface area (Å²) in [5, 5.41) is 4.00. The minimum absolute atomic E-state index is 0.263. The van der Waals surface area contributed by atoms with Crippen molar-refractivity contribution < 1.29 is 13.6 Å². The van der Waals surface area contributed by atoms with Crippen LogP contribution in [0.3, 0.4) is 0 Å². The Morgan fingerprint density at radius 3 is 2.55 bits per heavy atom. The minimum atomic E-state index is -0.564. The number of benzene rings is 3. The van der Waals surface area contributed by atoms with Crippen molar-refractivity contribution in [1.82, 2.24) is 15.2 Å². The molecule has 0 aliphatic carbocycles. The van der Waals surface area contributed by atoms with Crippen LogP contribution in [0.1, 0.15) is 28.4 Å². The highest BCUT2D eigenvalue weighted by atomic mass is 19.1. The standard InChI is InChI=1S/C25H21F2N3O/c26-17-11-9-16(10-12-17)15-28-25(31)30-14-13-19-18-5-2-4-8-22(18)29-23(19)24(30)20-6-1-3-7-21(20)27/h1-12,24,29H,13-15H2,(H,28,31)/t24-/m0/s1. The van der Waals surface area contributed by atoms with Crippen molar-refractivity contribution in [2.75, 3.05) is 6.54 Å². The summed E-state index contributed by atoms with van der Waals surface area (Å²) in [5.41, 5.74) is 4.18. The molecule has 1 atom stereocenters. The molecule has 0 radical (unpaired) electrons. The van der Waals surface area contributed by atoms with Crippen molar-refractivity contribution in [3.8, 4) is 0 Å². The quantitative estimate of drug-likeness (QED) is 0.467. The number of carbonyl (C=O) groups is 1. The van der Waals surface area contributed by atoms with Gasteiger partial charge in [-0.2, -0.15) is 0 Å². The van der Waals surface area contributed by atoms with Crippen molar-refractivity contribution in [3.05, 3.63) is 107 Å². The zero-order valence-electron chi connectivity index (χ0n) is 16.7. The number of urea groups is 1. The van der Waals surface area contributed by atoms with Crippen LogP contribution >= 0.6 is 0 Å². The molecule has 0 saturated carbocycles. The SMILES string of the molecule is O=C(NCc1ccc(F)cc1)N1CCc2c([nH]c3ccccc23)[C@@H]1c1ccccc1F. The molecule has 4 aromatic rings. The first-order chi connectivity index (χ1) is 15.1. The molecule has 2 N–H and O–H groups in total. The van der Waals surface area contributed by atoms with Crippen LogP contribution in [0.15, 0.2) is 72.8 Å². The van der Waals surface area contributed by atoms with E-state index in [0.29, 0.717) is 18.5 Å². The lowest BCUT2D eigenvalue weighted by atomic mass is 9.92. The maximum atomic E-state index is 14.8. The molecule has 0 spiro atoms. The first-order valence-corrected chi connectivity index (χ1v) is 10.2. The third-order valence-corrected chi connectivity index (χ3v) is 5.85. The van der Waals surface area contributed by atoms with Crippen molar-refractivity contribution in [2.24, 2.45) is 0 Å². The number of hydrogen-bond acceptors (Lipinski definition) is 1. The van der Waals surface area contributed by atoms with E-state index < -0.39 is 6.04 Å². The Labute approximate surface area is 178 Å². The topological polar surface area (TPSA) is 48.1 Å². The van der Waals surface area contributed by atoms with Crippen LogP contribution in [0.4, 0.5) is 13.6 Å². The number of aromatic amines is 1. The number of hydrogen-bond donors (Lipinski definition) is 2. The summed E-state index contributed by atoms with van der Waals surface area (Å²) in [5.74, 6) is -0.674. The normalized spacial score (nSPS) is 15.7. The molecule has 0 saturated heterocycles. The average Bonchev–Trinajstić information content (AvgIpc) is 3.17. The first kappa shape index (κ1) is 19.3. The molecule has 1 aromatic heterocycles. The fourth-order valence-corrected chi connectivity index (χ4v) is 4.36. The van der Waals surface area contributed by atoms with Crippen LogP contribution in [-0.4, -0.2) is 22.5 Å². The molecule has 1 aliphatic heterocycles. The maximum Gasteiger partial charge on any atom is 0.318 e. The number of nitrogens with one attached hydrogen (secondary N) is 2. The van der Waals surface area contributed by atoms with E-state index in [4.69, 9.17) is 0 Å². The van der Waals surface area contributed by atoms with Crippen molar-refractivity contribution in [2.45, 2.75) is 19.0 Å². The van der Waals surface area contributed by atoms with E-state index in [1.54, 1.807) is 35.2 Å². The van der Waals surface area contributed by atoms with Crippen LogP contribution < -0.4 is 5.32 Å². The van der Waals surface area contributed by atoms with Crippen LogP contribution in [0.5, 0.6) is 0 Å². The van der Waals surface area contributed by atoms with Gasteiger partial charge in [0.25, 0.3) is 0 Å². The number of aromatic nitrogens is 1. The van der Waals surface area contributed by atoms with Gasteiger partial charge in [0.15, 0.2) is 0 Å². The predicted octanol–water partition coefficient (Wildman–Crippen LogP) is 5.30. The molecule has 0 bridgehead atoms. The molecule has 4 nitrogen and oxygen atoms in total. The summed E-state index contributed by atoms with van der Waals surface area (Å²) < 4.78 is 28.0. The number of carbonyl (C=O) groups excluding carboxylic acids is 1. The van der Waals surface area contributed by atoms with Gasteiger partial charge in [-0.15, -0.1) is 0 Å². The molecular formula is C25H21F2N3O. The lowest BCUT2D eigenvalue weighted by Gasteiger charge is -2.36. The summed E-state index contributed by atoms with van der Waals surface area (Å²) >= 11 is 0. The van der Waals surface area contributed by atoms with E-state index in [9.17, 15) is 13.6 Å². The van der Waals surface area contributed by atoms with Crippen LogP contribution in [0.25, 0.3) is 10.9 Å². The summed E-state index contributed by atoms with van der Waals surface area (Å²) in [6, 6.07) is 19.7. The molecular weight excluding hydrogens is 396 g/mol. The number of H-pyrrole nitrogens is 1. The lowest BCUT2D eigenvalue weighted by molar-refractivity contribution is 0.177. The average molecular weight is 417 g/mol. The molecule has 3 aromatic carbocycles. The molecule has 1 aliphatic rings. The monoisotopic (exact) mass is 417 g/mol. The molecule has 5 rings (SSSR count). The Bertz CT molecular complexity index is 1250. The predicted molar refractivity (Wildman–Crippen MR) is 116 cm³/mol. The van der Waals surface area contributed by atoms with E-state index in [-0.39, 0.29) is 24.2 Å². The fraction of sp³-hybridized carbons (Fsp3) is 0.160. The Hall–Kier alpha value is -3.67. The van der Waals surface area contributed by atoms with E-state index in [0.717, 1.165) is 27.7 Å². The van der Waals surface area contributed by atoms with E-state index in [2.05, 4.69) is 10.3 Å². The summed E-state index contributed by atoms with van der Waals surface area (Å²) in [6.07, 6.45) is 0.675. The third kappa shape index (κ3) is 3.54. The van der Waals surface area contributed by atoms with Gasteiger partial charge in [-0.25, -0.2) is 13.6 Å². The largest absolute Gasteiger partial charge is 0.356 e. The Morgan fingerprint density at radius 2 is 1.74 bits per heavy atom. The number of nitrogens with zero attached hydrogens (tertiary/aromatic N) is 1. The number of para-hydroxylation sites is 1. The van der Waals surface area contributed by atoms with Gasteiger partial charge in [0, 0.05) is 35.2 Å². The van der Waals surface area contributed by atoms with Crippen LogP contribution in [-0.2, 0) is 13.0 Å². The van der Waals surface area contributed by atoms with Gasteiger partial charge in [0.05, 0.1) is 0 Å². The molecule has 2 heterocycles. The van der Waals surface area contributed by atoms with Crippen molar-refractivity contribution >= 4 is 16.9 Å². The minimum Gasteiger partial charge on any atom is -0.356 e. The number of amides is 2. The lowest BCUT2D eigenvalue weighted by Crippen LogP contribution is -2.46. The second kappa shape index (κ2) is 7.87. The highest BCUT2D eigenvalue weighted by Crippen LogP contribution is 2.39. The zero-order valence-corrected chi connectivity index (χ0v) is 16.7. The van der Waals surface area contributed by atoms with Gasteiger partial charge in [-0.3, -0.25) is 0 Å². The van der Waals surface area contributed by atoms with E-state index in [1.165, 1.54) is 18.2 Å². The molecule has 6 heteroatoms. The van der Waals surface area contributed by atoms with Gasteiger partial charge in [0.2, 0.25) is 0 Å². The Kier molecular flexibility index (Phi) is 4.90. The second-order valence-electron chi connectivity index (χ2n) is 7.72.